The minimum Gasteiger partial charge on any atom is -1.00 e. The molecule has 1 fully saturated rings. The van der Waals surface area contributed by atoms with Crippen LogP contribution in [0.3, 0.4) is 0 Å². The summed E-state index contributed by atoms with van der Waals surface area (Å²) < 4.78 is 28.6. The number of fused-ring (bicyclic) bond motifs is 1. The normalized spacial score (nSPS) is 15.6. The fraction of sp³-hybridized carbons (Fsp3) is 0.455. The first-order valence-electron chi connectivity index (χ1n) is 10.6. The van der Waals surface area contributed by atoms with Crippen molar-refractivity contribution >= 4 is 54.0 Å². The van der Waals surface area contributed by atoms with Crippen LogP contribution >= 0.6 is 22.7 Å². The van der Waals surface area contributed by atoms with Crippen molar-refractivity contribution < 1.29 is 25.6 Å². The molecule has 1 aromatic carbocycles. The van der Waals surface area contributed by atoms with Gasteiger partial charge in [0.05, 0.1) is 10.2 Å². The van der Waals surface area contributed by atoms with Crippen molar-refractivity contribution in [3.8, 4) is 0 Å². The average molecular weight is 528 g/mol. The van der Waals surface area contributed by atoms with E-state index in [0.29, 0.717) is 36.7 Å². The van der Waals surface area contributed by atoms with Gasteiger partial charge in [-0.15, -0.1) is 11.3 Å². The van der Waals surface area contributed by atoms with Gasteiger partial charge in [-0.3, -0.25) is 9.69 Å². The largest absolute Gasteiger partial charge is 1.00 e. The number of anilines is 1. The first kappa shape index (κ1) is 26.1. The number of hydrogen-bond acceptors (Lipinski definition) is 7. The number of amides is 1. The molecular weight excluding hydrogens is 500 g/mol. The summed E-state index contributed by atoms with van der Waals surface area (Å²) in [5.41, 5.74) is 2.03. The lowest BCUT2D eigenvalue weighted by Crippen LogP contribution is -3.00. The molecule has 1 amide bonds. The zero-order chi connectivity index (χ0) is 22.9. The molecule has 1 aliphatic heterocycles. The minimum atomic E-state index is -3.47. The van der Waals surface area contributed by atoms with Gasteiger partial charge in [0.15, 0.2) is 5.13 Å². The molecule has 1 saturated heterocycles. The third-order valence-electron chi connectivity index (χ3n) is 5.77. The average Bonchev–Trinajstić information content (AvgIpc) is 3.45. The Balaban J connectivity index is 0.00000306. The highest BCUT2D eigenvalue weighted by Gasteiger charge is 2.35. The van der Waals surface area contributed by atoms with Gasteiger partial charge in [-0.1, -0.05) is 29.5 Å². The van der Waals surface area contributed by atoms with Crippen LogP contribution in [-0.4, -0.2) is 68.8 Å². The minimum absolute atomic E-state index is 0. The first-order chi connectivity index (χ1) is 15.3. The van der Waals surface area contributed by atoms with Gasteiger partial charge in [0.25, 0.3) is 10.0 Å². The molecule has 0 spiro atoms. The Kier molecular flexibility index (Phi) is 8.52. The fourth-order valence-electron chi connectivity index (χ4n) is 3.89. The molecule has 0 atom stereocenters. The van der Waals surface area contributed by atoms with Gasteiger partial charge in [-0.25, -0.2) is 13.4 Å². The van der Waals surface area contributed by atoms with E-state index in [4.69, 9.17) is 4.98 Å². The second-order valence-corrected chi connectivity index (χ2v) is 12.4. The molecule has 3 heterocycles. The van der Waals surface area contributed by atoms with Crippen molar-refractivity contribution in [2.45, 2.75) is 24.0 Å². The van der Waals surface area contributed by atoms with Gasteiger partial charge in [0, 0.05) is 32.1 Å². The van der Waals surface area contributed by atoms with Crippen molar-refractivity contribution in [1.29, 1.82) is 0 Å². The molecule has 1 aliphatic rings. The lowest BCUT2D eigenvalue weighted by molar-refractivity contribution is -0.123. The van der Waals surface area contributed by atoms with Crippen molar-refractivity contribution in [2.75, 3.05) is 45.2 Å². The van der Waals surface area contributed by atoms with E-state index in [9.17, 15) is 13.2 Å². The van der Waals surface area contributed by atoms with Gasteiger partial charge in [0.1, 0.15) is 4.21 Å². The Hall–Kier alpha value is -1.56. The summed E-state index contributed by atoms with van der Waals surface area (Å²) in [6, 6.07) is 9.45. The van der Waals surface area contributed by atoms with Crippen LogP contribution in [0.5, 0.6) is 0 Å². The summed E-state index contributed by atoms with van der Waals surface area (Å²) in [7, 11) is 0.497. The quantitative estimate of drug-likeness (QED) is 0.451. The van der Waals surface area contributed by atoms with E-state index in [1.54, 1.807) is 22.4 Å². The van der Waals surface area contributed by atoms with Crippen LogP contribution in [0.25, 0.3) is 10.2 Å². The lowest BCUT2D eigenvalue weighted by atomic mass is 9.96. The number of thiophene rings is 1. The fourth-order valence-corrected chi connectivity index (χ4v) is 7.58. The van der Waals surface area contributed by atoms with Crippen molar-refractivity contribution in [2.24, 2.45) is 5.92 Å². The van der Waals surface area contributed by atoms with Gasteiger partial charge < -0.3 is 17.3 Å². The van der Waals surface area contributed by atoms with Crippen molar-refractivity contribution in [1.82, 2.24) is 14.2 Å². The highest BCUT2D eigenvalue weighted by Crippen LogP contribution is 2.33. The van der Waals surface area contributed by atoms with Gasteiger partial charge in [0.2, 0.25) is 5.91 Å². The number of para-hydroxylation sites is 1. The van der Waals surface area contributed by atoms with E-state index < -0.39 is 10.0 Å². The van der Waals surface area contributed by atoms with E-state index in [-0.39, 0.29) is 24.2 Å². The number of hydrogen-bond donors (Lipinski definition) is 0. The molecule has 0 N–H and O–H groups in total. The SMILES string of the molecule is Cc1cccc2sc(N(CCN(C)C)C(=O)C3CCN(S(=O)(=O)c4cccs4)CC3)nc12.[Cl-]. The number of nitrogens with zero attached hydrogens (tertiary/aromatic N) is 4. The van der Waals surface area contributed by atoms with E-state index in [1.165, 1.54) is 27.0 Å². The predicted octanol–water partition coefficient (Wildman–Crippen LogP) is 0.666. The van der Waals surface area contributed by atoms with Gasteiger partial charge in [-0.2, -0.15) is 4.31 Å². The number of piperidine rings is 1. The van der Waals surface area contributed by atoms with Gasteiger partial charge >= 0.3 is 0 Å². The van der Waals surface area contributed by atoms with E-state index in [2.05, 4.69) is 4.90 Å². The summed E-state index contributed by atoms with van der Waals surface area (Å²) in [6.07, 6.45) is 1.04. The Labute approximate surface area is 209 Å². The molecule has 7 nitrogen and oxygen atoms in total. The number of rotatable bonds is 7. The molecule has 2 aromatic heterocycles. The van der Waals surface area contributed by atoms with Crippen LogP contribution in [0.2, 0.25) is 0 Å². The highest BCUT2D eigenvalue weighted by molar-refractivity contribution is 7.91. The number of benzene rings is 1. The Bertz CT molecular complexity index is 1190. The van der Waals surface area contributed by atoms with E-state index in [1.807, 2.05) is 39.2 Å². The smallest absolute Gasteiger partial charge is 0.252 e. The van der Waals surface area contributed by atoms with E-state index in [0.717, 1.165) is 27.5 Å². The highest BCUT2D eigenvalue weighted by atomic mass is 35.5. The van der Waals surface area contributed by atoms with Crippen LogP contribution in [0.4, 0.5) is 5.13 Å². The Morgan fingerprint density at radius 3 is 2.48 bits per heavy atom. The van der Waals surface area contributed by atoms with Crippen LogP contribution < -0.4 is 17.3 Å². The number of likely N-dealkylation sites (N-methyl/N-ethyl adjacent to an activating group) is 1. The third-order valence-corrected chi connectivity index (χ3v) is 10.1. The molecule has 0 unspecified atom stereocenters. The Morgan fingerprint density at radius 2 is 1.88 bits per heavy atom. The van der Waals surface area contributed by atoms with Crippen LogP contribution in [-0.2, 0) is 14.8 Å². The number of aryl methyl sites for hydroxylation is 1. The standard InChI is InChI=1S/C22H28N4O3S3.ClH/c1-16-6-4-7-18-20(16)23-22(31-18)26(14-13-24(2)3)21(27)17-9-11-25(12-10-17)32(28,29)19-8-5-15-30-19;/h4-8,15,17H,9-14H2,1-3H3;1H/p-1. The topological polar surface area (TPSA) is 73.8 Å². The molecule has 33 heavy (non-hydrogen) atoms. The zero-order valence-electron chi connectivity index (χ0n) is 18.9. The molecular formula is C22H28ClN4O3S3-. The molecule has 0 radical (unpaired) electrons. The summed E-state index contributed by atoms with van der Waals surface area (Å²) >= 11 is 2.77. The maximum atomic E-state index is 13.6. The van der Waals surface area contributed by atoms with Crippen LogP contribution in [0.15, 0.2) is 39.9 Å². The summed E-state index contributed by atoms with van der Waals surface area (Å²) in [6.45, 7) is 4.03. The Morgan fingerprint density at radius 1 is 1.15 bits per heavy atom. The van der Waals surface area contributed by atoms with Crippen molar-refractivity contribution in [3.63, 3.8) is 0 Å². The molecule has 180 valence electrons. The number of thiazole rings is 1. The summed E-state index contributed by atoms with van der Waals surface area (Å²) in [5.74, 6) is -0.170. The monoisotopic (exact) mass is 527 g/mol. The molecule has 3 aromatic rings. The molecule has 11 heteroatoms. The first-order valence-corrected chi connectivity index (χ1v) is 13.8. The zero-order valence-corrected chi connectivity index (χ0v) is 22.1. The summed E-state index contributed by atoms with van der Waals surface area (Å²) in [5, 5.41) is 2.49. The number of carbonyl (C=O) groups is 1. The van der Waals surface area contributed by atoms with Gasteiger partial charge in [-0.05, 0) is 56.9 Å². The maximum absolute atomic E-state index is 13.6. The van der Waals surface area contributed by atoms with Crippen molar-refractivity contribution in [3.05, 3.63) is 41.3 Å². The second-order valence-electron chi connectivity index (χ2n) is 8.32. The summed E-state index contributed by atoms with van der Waals surface area (Å²) in [4.78, 5) is 22.2. The molecule has 4 rings (SSSR count). The molecule has 0 saturated carbocycles. The number of carbonyl (C=O) groups excluding carboxylic acids is 1. The van der Waals surface area contributed by atoms with Crippen LogP contribution in [0.1, 0.15) is 18.4 Å². The molecule has 0 bridgehead atoms. The second kappa shape index (κ2) is 10.8. The maximum Gasteiger partial charge on any atom is 0.252 e. The number of halogens is 1. The van der Waals surface area contributed by atoms with E-state index >= 15 is 0 Å². The third kappa shape index (κ3) is 5.58. The number of sulfonamides is 1. The molecule has 0 aliphatic carbocycles. The predicted molar refractivity (Wildman–Crippen MR) is 131 cm³/mol. The van der Waals surface area contributed by atoms with Crippen LogP contribution in [0, 0.1) is 12.8 Å². The lowest BCUT2D eigenvalue weighted by Gasteiger charge is -2.33. The number of aromatic nitrogens is 1.